The molecular weight excluding hydrogens is 446 g/mol. The summed E-state index contributed by atoms with van der Waals surface area (Å²) in [5.74, 6) is -0.152. The molecule has 35 heavy (non-hydrogen) atoms. The fourth-order valence-electron chi connectivity index (χ4n) is 4.14. The van der Waals surface area contributed by atoms with Crippen LogP contribution < -0.4 is 19.1 Å². The molecule has 3 aromatic carbocycles. The summed E-state index contributed by atoms with van der Waals surface area (Å²) in [6, 6.07) is 19.9. The Morgan fingerprint density at radius 1 is 0.857 bits per heavy atom. The van der Waals surface area contributed by atoms with E-state index in [2.05, 4.69) is 0 Å². The lowest BCUT2D eigenvalue weighted by molar-refractivity contribution is -0.132. The molecule has 1 aliphatic heterocycles. The molecule has 1 aliphatic rings. The Balaban J connectivity index is 1.90. The van der Waals surface area contributed by atoms with E-state index >= 15 is 0 Å². The average molecular weight is 474 g/mol. The summed E-state index contributed by atoms with van der Waals surface area (Å²) < 4.78 is 16.4. The molecule has 1 amide bonds. The van der Waals surface area contributed by atoms with Crippen molar-refractivity contribution in [1.29, 1.82) is 0 Å². The average Bonchev–Trinajstić information content (AvgIpc) is 3.14. The molecule has 1 unspecified atom stereocenters. The smallest absolute Gasteiger partial charge is 0.300 e. The SMILES string of the molecule is COc1ccc(N2C(=O)C(=O)/C(=C(\O)c3ccccc3OC)C2c2ccc(OC(C)C)cc2)cc1. The van der Waals surface area contributed by atoms with Gasteiger partial charge < -0.3 is 19.3 Å². The number of Topliss-reactive ketones (excluding diaryl/α,β-unsaturated/α-hetero) is 1. The molecule has 7 heteroatoms. The Labute approximate surface area is 204 Å². The van der Waals surface area contributed by atoms with Gasteiger partial charge in [-0.15, -0.1) is 0 Å². The molecule has 0 spiro atoms. The minimum atomic E-state index is -0.860. The van der Waals surface area contributed by atoms with Crippen LogP contribution >= 0.6 is 0 Å². The summed E-state index contributed by atoms with van der Waals surface area (Å²) in [5, 5.41) is 11.3. The topological polar surface area (TPSA) is 85.3 Å². The summed E-state index contributed by atoms with van der Waals surface area (Å²) in [5.41, 5.74) is 1.45. The van der Waals surface area contributed by atoms with Gasteiger partial charge in [-0.05, 0) is 67.9 Å². The molecule has 1 N–H and O–H groups in total. The first-order chi connectivity index (χ1) is 16.8. The first-order valence-electron chi connectivity index (χ1n) is 11.2. The summed E-state index contributed by atoms with van der Waals surface area (Å²) in [6.07, 6.45) is -0.00340. The molecule has 0 radical (unpaired) electrons. The normalized spacial score (nSPS) is 17.1. The van der Waals surface area contributed by atoms with E-state index in [1.165, 1.54) is 12.0 Å². The molecule has 7 nitrogen and oxygen atoms in total. The second kappa shape index (κ2) is 9.93. The van der Waals surface area contributed by atoms with Crippen LogP contribution in [0.3, 0.4) is 0 Å². The third-order valence-corrected chi connectivity index (χ3v) is 5.72. The lowest BCUT2D eigenvalue weighted by atomic mass is 9.94. The summed E-state index contributed by atoms with van der Waals surface area (Å²) in [4.78, 5) is 28.0. The van der Waals surface area contributed by atoms with Gasteiger partial charge in [0.1, 0.15) is 23.0 Å². The number of ether oxygens (including phenoxy) is 3. The highest BCUT2D eigenvalue weighted by atomic mass is 16.5. The summed E-state index contributed by atoms with van der Waals surface area (Å²) in [7, 11) is 3.03. The molecule has 0 saturated carbocycles. The number of methoxy groups -OCH3 is 2. The van der Waals surface area contributed by atoms with E-state index in [4.69, 9.17) is 14.2 Å². The minimum absolute atomic E-state index is 0.00340. The van der Waals surface area contributed by atoms with Gasteiger partial charge in [0, 0.05) is 5.69 Å². The van der Waals surface area contributed by atoms with Crippen molar-refractivity contribution in [2.24, 2.45) is 0 Å². The van der Waals surface area contributed by atoms with Crippen LogP contribution in [0.4, 0.5) is 5.69 Å². The van der Waals surface area contributed by atoms with Crippen molar-refractivity contribution >= 4 is 23.1 Å². The molecule has 0 aromatic heterocycles. The highest BCUT2D eigenvalue weighted by Crippen LogP contribution is 2.43. The molecule has 1 atom stereocenters. The third kappa shape index (κ3) is 4.57. The van der Waals surface area contributed by atoms with E-state index < -0.39 is 17.7 Å². The van der Waals surface area contributed by atoms with Crippen molar-refractivity contribution in [1.82, 2.24) is 0 Å². The van der Waals surface area contributed by atoms with E-state index in [1.54, 1.807) is 79.9 Å². The van der Waals surface area contributed by atoms with E-state index in [0.717, 1.165) is 0 Å². The second-order valence-electron chi connectivity index (χ2n) is 8.30. The summed E-state index contributed by atoms with van der Waals surface area (Å²) in [6.45, 7) is 3.86. The molecule has 0 aliphatic carbocycles. The number of aliphatic hydroxyl groups is 1. The third-order valence-electron chi connectivity index (χ3n) is 5.72. The number of nitrogens with zero attached hydrogens (tertiary/aromatic N) is 1. The van der Waals surface area contributed by atoms with Crippen LogP contribution in [0.15, 0.2) is 78.4 Å². The number of carbonyl (C=O) groups is 2. The number of carbonyl (C=O) groups excluding carboxylic acids is 2. The van der Waals surface area contributed by atoms with Crippen molar-refractivity contribution < 1.29 is 28.9 Å². The monoisotopic (exact) mass is 473 g/mol. The zero-order valence-electron chi connectivity index (χ0n) is 20.0. The van der Waals surface area contributed by atoms with Gasteiger partial charge in [-0.1, -0.05) is 24.3 Å². The highest BCUT2D eigenvalue weighted by Gasteiger charge is 2.47. The van der Waals surface area contributed by atoms with Gasteiger partial charge in [0.15, 0.2) is 0 Å². The van der Waals surface area contributed by atoms with Crippen molar-refractivity contribution in [3.8, 4) is 17.2 Å². The van der Waals surface area contributed by atoms with Crippen LogP contribution in [0, 0.1) is 0 Å². The van der Waals surface area contributed by atoms with Gasteiger partial charge in [0.05, 0.1) is 37.5 Å². The zero-order chi connectivity index (χ0) is 25.1. The van der Waals surface area contributed by atoms with Gasteiger partial charge in [-0.2, -0.15) is 0 Å². The number of anilines is 1. The molecule has 3 aromatic rings. The maximum atomic E-state index is 13.3. The highest BCUT2D eigenvalue weighted by molar-refractivity contribution is 6.51. The van der Waals surface area contributed by atoms with E-state index in [-0.39, 0.29) is 17.4 Å². The van der Waals surface area contributed by atoms with Crippen molar-refractivity contribution in [3.63, 3.8) is 0 Å². The molecule has 1 fully saturated rings. The molecule has 1 saturated heterocycles. The van der Waals surface area contributed by atoms with E-state index in [9.17, 15) is 14.7 Å². The number of rotatable bonds is 7. The standard InChI is InChI=1S/C28H27NO6/c1-17(2)35-21-13-9-18(10-14-21)25-24(26(30)22-7-5-6-8-23(22)34-4)27(31)28(32)29(25)19-11-15-20(33-3)16-12-19/h5-17,25,30H,1-4H3/b26-24-. The lowest BCUT2D eigenvalue weighted by Gasteiger charge is -2.26. The number of hydrogen-bond donors (Lipinski definition) is 1. The number of amides is 1. The Morgan fingerprint density at radius 2 is 1.49 bits per heavy atom. The van der Waals surface area contributed by atoms with E-state index in [1.807, 2.05) is 13.8 Å². The number of benzene rings is 3. The van der Waals surface area contributed by atoms with E-state index in [0.29, 0.717) is 34.1 Å². The quantitative estimate of drug-likeness (QED) is 0.291. The largest absolute Gasteiger partial charge is 0.507 e. The maximum absolute atomic E-state index is 13.3. The number of aliphatic hydroxyl groups excluding tert-OH is 1. The van der Waals surface area contributed by atoms with Gasteiger partial charge in [0.2, 0.25) is 0 Å². The zero-order valence-corrected chi connectivity index (χ0v) is 20.0. The predicted molar refractivity (Wildman–Crippen MR) is 133 cm³/mol. The fourth-order valence-corrected chi connectivity index (χ4v) is 4.14. The molecule has 180 valence electrons. The Morgan fingerprint density at radius 3 is 2.09 bits per heavy atom. The Bertz CT molecular complexity index is 1260. The van der Waals surface area contributed by atoms with Crippen LogP contribution in [0.25, 0.3) is 5.76 Å². The first-order valence-corrected chi connectivity index (χ1v) is 11.2. The van der Waals surface area contributed by atoms with Crippen molar-refractivity contribution in [3.05, 3.63) is 89.5 Å². The fraction of sp³-hybridized carbons (Fsp3) is 0.214. The van der Waals surface area contributed by atoms with Crippen LogP contribution in [-0.2, 0) is 9.59 Å². The number of para-hydroxylation sites is 1. The van der Waals surface area contributed by atoms with Gasteiger partial charge in [-0.3, -0.25) is 14.5 Å². The molecule has 1 heterocycles. The predicted octanol–water partition coefficient (Wildman–Crippen LogP) is 5.12. The van der Waals surface area contributed by atoms with Crippen molar-refractivity contribution in [2.45, 2.75) is 26.0 Å². The molecular formula is C28H27NO6. The lowest BCUT2D eigenvalue weighted by Crippen LogP contribution is -2.29. The van der Waals surface area contributed by atoms with Crippen LogP contribution in [-0.4, -0.2) is 37.1 Å². The minimum Gasteiger partial charge on any atom is -0.507 e. The van der Waals surface area contributed by atoms with Gasteiger partial charge >= 0.3 is 0 Å². The molecule has 0 bridgehead atoms. The first kappa shape index (κ1) is 23.9. The van der Waals surface area contributed by atoms with Gasteiger partial charge in [0.25, 0.3) is 11.7 Å². The van der Waals surface area contributed by atoms with Crippen LogP contribution in [0.1, 0.15) is 31.0 Å². The van der Waals surface area contributed by atoms with Crippen LogP contribution in [0.2, 0.25) is 0 Å². The second-order valence-corrected chi connectivity index (χ2v) is 8.30. The maximum Gasteiger partial charge on any atom is 0.300 e. The Hall–Kier alpha value is -4.26. The Kier molecular flexibility index (Phi) is 6.78. The molecule has 4 rings (SSSR count). The van der Waals surface area contributed by atoms with Crippen molar-refractivity contribution in [2.75, 3.05) is 19.1 Å². The van der Waals surface area contributed by atoms with Gasteiger partial charge in [-0.25, -0.2) is 0 Å². The number of ketones is 1. The summed E-state index contributed by atoms with van der Waals surface area (Å²) >= 11 is 0. The number of hydrogen-bond acceptors (Lipinski definition) is 6. The van der Waals surface area contributed by atoms with Crippen LogP contribution in [0.5, 0.6) is 17.2 Å².